The van der Waals surface area contributed by atoms with Crippen LogP contribution in [0.2, 0.25) is 0 Å². The van der Waals surface area contributed by atoms with E-state index in [0.29, 0.717) is 17.9 Å². The highest BCUT2D eigenvalue weighted by Crippen LogP contribution is 2.22. The quantitative estimate of drug-likeness (QED) is 0.746. The Bertz CT molecular complexity index is 813. The molecule has 0 spiro atoms. The van der Waals surface area contributed by atoms with Gasteiger partial charge in [0.25, 0.3) is 0 Å². The minimum Gasteiger partial charge on any atom is -0.490 e. The fourth-order valence-corrected chi connectivity index (χ4v) is 3.67. The number of benzene rings is 2. The van der Waals surface area contributed by atoms with E-state index in [9.17, 15) is 9.90 Å². The summed E-state index contributed by atoms with van der Waals surface area (Å²) >= 11 is 0. The lowest BCUT2D eigenvalue weighted by atomic mass is 10.1. The predicted octanol–water partition coefficient (Wildman–Crippen LogP) is 3.07. The molecule has 5 nitrogen and oxygen atoms in total. The maximum absolute atomic E-state index is 11.8. The third-order valence-electron chi connectivity index (χ3n) is 5.24. The topological polar surface area (TPSA) is 53.0 Å². The molecule has 5 heteroatoms. The standard InChI is InChI=1S/C23H30N2O3/c1-17-8-9-23(21(14-17)19(3)26)28-16-20(27)15-24-10-12-25(13-11-24)22-7-5-4-6-18(22)2/h4-9,14,20,27H,10-13,15-16H2,1-3H3. The lowest BCUT2D eigenvalue weighted by Crippen LogP contribution is -2.49. The second-order valence-corrected chi connectivity index (χ2v) is 7.59. The molecule has 1 atom stereocenters. The SMILES string of the molecule is CC(=O)c1cc(C)ccc1OCC(O)CN1CCN(c2ccccc2C)CC1. The maximum Gasteiger partial charge on any atom is 0.163 e. The third-order valence-corrected chi connectivity index (χ3v) is 5.24. The Labute approximate surface area is 167 Å². The van der Waals surface area contributed by atoms with Crippen molar-refractivity contribution in [2.24, 2.45) is 0 Å². The van der Waals surface area contributed by atoms with E-state index in [4.69, 9.17) is 4.74 Å². The van der Waals surface area contributed by atoms with E-state index in [1.807, 2.05) is 19.1 Å². The lowest BCUT2D eigenvalue weighted by Gasteiger charge is -2.37. The van der Waals surface area contributed by atoms with Crippen LogP contribution in [0.3, 0.4) is 0 Å². The predicted molar refractivity (Wildman–Crippen MR) is 113 cm³/mol. The Morgan fingerprint density at radius 1 is 1.11 bits per heavy atom. The fourth-order valence-electron chi connectivity index (χ4n) is 3.67. The van der Waals surface area contributed by atoms with E-state index in [1.54, 1.807) is 6.07 Å². The Balaban J connectivity index is 1.48. The first-order valence-corrected chi connectivity index (χ1v) is 9.89. The average molecular weight is 383 g/mol. The van der Waals surface area contributed by atoms with Crippen LogP contribution in [0, 0.1) is 13.8 Å². The molecule has 1 saturated heterocycles. The molecule has 2 aromatic rings. The summed E-state index contributed by atoms with van der Waals surface area (Å²) in [5.41, 5.74) is 4.18. The number of hydrogen-bond acceptors (Lipinski definition) is 5. The number of hydrogen-bond donors (Lipinski definition) is 1. The number of piperazine rings is 1. The lowest BCUT2D eigenvalue weighted by molar-refractivity contribution is 0.0656. The zero-order chi connectivity index (χ0) is 20.1. The minimum atomic E-state index is -0.592. The second kappa shape index (κ2) is 9.22. The van der Waals surface area contributed by atoms with Crippen LogP contribution in [0.15, 0.2) is 42.5 Å². The smallest absolute Gasteiger partial charge is 0.163 e. The zero-order valence-corrected chi connectivity index (χ0v) is 17.0. The molecule has 150 valence electrons. The minimum absolute atomic E-state index is 0.0273. The van der Waals surface area contributed by atoms with Crippen LogP contribution < -0.4 is 9.64 Å². The number of rotatable bonds is 7. The van der Waals surface area contributed by atoms with Crippen molar-refractivity contribution in [3.05, 3.63) is 59.2 Å². The molecule has 1 aliphatic rings. The molecule has 0 amide bonds. The molecule has 28 heavy (non-hydrogen) atoms. The summed E-state index contributed by atoms with van der Waals surface area (Å²) in [6, 6.07) is 14.0. The van der Waals surface area contributed by atoms with Gasteiger partial charge in [0.1, 0.15) is 18.5 Å². The molecule has 0 aliphatic carbocycles. The van der Waals surface area contributed by atoms with Gasteiger partial charge in [-0.05, 0) is 44.5 Å². The van der Waals surface area contributed by atoms with Gasteiger partial charge in [-0.1, -0.05) is 29.8 Å². The van der Waals surface area contributed by atoms with Crippen LogP contribution in [0.4, 0.5) is 5.69 Å². The number of para-hydroxylation sites is 1. The largest absolute Gasteiger partial charge is 0.490 e. The summed E-state index contributed by atoms with van der Waals surface area (Å²) in [7, 11) is 0. The summed E-state index contributed by atoms with van der Waals surface area (Å²) in [4.78, 5) is 16.5. The molecule has 1 aliphatic heterocycles. The molecule has 1 fully saturated rings. The fraction of sp³-hybridized carbons (Fsp3) is 0.435. The molecule has 2 aromatic carbocycles. The van der Waals surface area contributed by atoms with E-state index >= 15 is 0 Å². The highest BCUT2D eigenvalue weighted by atomic mass is 16.5. The Hall–Kier alpha value is -2.37. The van der Waals surface area contributed by atoms with Crippen molar-refractivity contribution in [3.8, 4) is 5.75 Å². The van der Waals surface area contributed by atoms with Crippen LogP contribution in [-0.4, -0.2) is 61.2 Å². The van der Waals surface area contributed by atoms with Crippen molar-refractivity contribution in [1.29, 1.82) is 0 Å². The summed E-state index contributed by atoms with van der Waals surface area (Å²) in [5.74, 6) is 0.516. The van der Waals surface area contributed by atoms with E-state index in [0.717, 1.165) is 31.7 Å². The number of carbonyl (C=O) groups excluding carboxylic acids is 1. The summed E-state index contributed by atoms with van der Waals surface area (Å²) in [6.07, 6.45) is -0.592. The van der Waals surface area contributed by atoms with Gasteiger partial charge in [0.05, 0.1) is 5.56 Å². The van der Waals surface area contributed by atoms with Gasteiger partial charge in [-0.3, -0.25) is 9.69 Å². The monoisotopic (exact) mass is 382 g/mol. The number of carbonyl (C=O) groups is 1. The second-order valence-electron chi connectivity index (χ2n) is 7.59. The normalized spacial score (nSPS) is 16.1. The summed E-state index contributed by atoms with van der Waals surface area (Å²) in [5, 5.41) is 10.4. The van der Waals surface area contributed by atoms with Crippen LogP contribution in [0.25, 0.3) is 0 Å². The number of aryl methyl sites for hydroxylation is 2. The van der Waals surface area contributed by atoms with Crippen LogP contribution >= 0.6 is 0 Å². The van der Waals surface area contributed by atoms with Crippen molar-refractivity contribution >= 4 is 11.5 Å². The van der Waals surface area contributed by atoms with E-state index in [2.05, 4.69) is 41.0 Å². The highest BCUT2D eigenvalue weighted by molar-refractivity contribution is 5.97. The van der Waals surface area contributed by atoms with Crippen molar-refractivity contribution in [2.75, 3.05) is 44.2 Å². The maximum atomic E-state index is 11.8. The van der Waals surface area contributed by atoms with Crippen LogP contribution in [0.5, 0.6) is 5.75 Å². The Morgan fingerprint density at radius 2 is 1.82 bits per heavy atom. The molecule has 0 radical (unpaired) electrons. The van der Waals surface area contributed by atoms with Crippen molar-refractivity contribution in [1.82, 2.24) is 4.90 Å². The van der Waals surface area contributed by atoms with Gasteiger partial charge >= 0.3 is 0 Å². The summed E-state index contributed by atoms with van der Waals surface area (Å²) in [6.45, 7) is 10.1. The molecule has 1 heterocycles. The molecule has 3 rings (SSSR count). The number of ketones is 1. The summed E-state index contributed by atoms with van der Waals surface area (Å²) < 4.78 is 5.76. The number of β-amino-alcohol motifs (C(OH)–C–C–N with tert-alkyl or cyclic N) is 1. The van der Waals surface area contributed by atoms with Crippen LogP contribution in [0.1, 0.15) is 28.4 Å². The molecule has 0 bridgehead atoms. The number of aliphatic hydroxyl groups excluding tert-OH is 1. The van der Waals surface area contributed by atoms with Crippen molar-refractivity contribution in [2.45, 2.75) is 26.9 Å². The van der Waals surface area contributed by atoms with Crippen molar-refractivity contribution < 1.29 is 14.6 Å². The molecular formula is C23H30N2O3. The molecule has 0 aromatic heterocycles. The van der Waals surface area contributed by atoms with Crippen LogP contribution in [-0.2, 0) is 0 Å². The van der Waals surface area contributed by atoms with E-state index in [-0.39, 0.29) is 12.4 Å². The number of nitrogens with zero attached hydrogens (tertiary/aromatic N) is 2. The van der Waals surface area contributed by atoms with Gasteiger partial charge in [0.2, 0.25) is 0 Å². The Kier molecular flexibility index (Phi) is 6.70. The number of aliphatic hydroxyl groups is 1. The molecule has 1 unspecified atom stereocenters. The number of anilines is 1. The molecular weight excluding hydrogens is 352 g/mol. The zero-order valence-electron chi connectivity index (χ0n) is 17.0. The van der Waals surface area contributed by atoms with Gasteiger partial charge < -0.3 is 14.7 Å². The van der Waals surface area contributed by atoms with Gasteiger partial charge in [0.15, 0.2) is 5.78 Å². The van der Waals surface area contributed by atoms with E-state index < -0.39 is 6.10 Å². The number of ether oxygens (including phenoxy) is 1. The third kappa shape index (κ3) is 5.12. The Morgan fingerprint density at radius 3 is 2.50 bits per heavy atom. The van der Waals surface area contributed by atoms with Gasteiger partial charge in [-0.25, -0.2) is 0 Å². The first-order chi connectivity index (χ1) is 13.4. The van der Waals surface area contributed by atoms with E-state index in [1.165, 1.54) is 18.2 Å². The first-order valence-electron chi connectivity index (χ1n) is 9.89. The average Bonchev–Trinajstić information content (AvgIpc) is 2.68. The highest BCUT2D eigenvalue weighted by Gasteiger charge is 2.21. The van der Waals surface area contributed by atoms with Gasteiger partial charge in [-0.15, -0.1) is 0 Å². The van der Waals surface area contributed by atoms with Crippen molar-refractivity contribution in [3.63, 3.8) is 0 Å². The molecule has 0 saturated carbocycles. The first kappa shape index (κ1) is 20.4. The van der Waals surface area contributed by atoms with Gasteiger partial charge in [-0.2, -0.15) is 0 Å². The number of Topliss-reactive ketones (excluding diaryl/α,β-unsaturated/α-hetero) is 1. The molecule has 1 N–H and O–H groups in total. The van der Waals surface area contributed by atoms with Gasteiger partial charge in [0, 0.05) is 38.4 Å².